The van der Waals surface area contributed by atoms with E-state index >= 15 is 0 Å². The fraction of sp³-hybridized carbons (Fsp3) is 0. The normalized spacial score (nSPS) is 11.4. The zero-order chi connectivity index (χ0) is 34.6. The van der Waals surface area contributed by atoms with Crippen LogP contribution in [0.4, 0.5) is 0 Å². The Morgan fingerprint density at radius 3 is 1.17 bits per heavy atom. The first kappa shape index (κ1) is 29.7. The first-order valence-electron chi connectivity index (χ1n) is 17.6. The molecular formula is C49H31N3. The van der Waals surface area contributed by atoms with Gasteiger partial charge in [-0.15, -0.1) is 0 Å². The van der Waals surface area contributed by atoms with E-state index < -0.39 is 0 Å². The standard InChI is InChI=1S/C49H31N3/c50-32-33-29-30-47-43(31-33)40-21-9-12-28-46(40)52(47)49-37(35-17-5-2-6-18-35)23-14-25-42(49)41-24-13-22-36(34-15-3-1-4-16-34)48(41)51-44-26-10-7-19-38(44)39-20-8-11-27-45(39)51/h1-31H. The van der Waals surface area contributed by atoms with Gasteiger partial charge < -0.3 is 9.13 Å². The number of fused-ring (bicyclic) bond motifs is 6. The Kier molecular flexibility index (Phi) is 6.87. The minimum absolute atomic E-state index is 0.649. The van der Waals surface area contributed by atoms with Gasteiger partial charge in [-0.25, -0.2) is 0 Å². The van der Waals surface area contributed by atoms with Gasteiger partial charge >= 0.3 is 0 Å². The second-order valence-electron chi connectivity index (χ2n) is 13.2. The van der Waals surface area contributed by atoms with Crippen LogP contribution in [-0.2, 0) is 0 Å². The number of benzene rings is 8. The van der Waals surface area contributed by atoms with Crippen molar-refractivity contribution in [2.24, 2.45) is 0 Å². The molecule has 0 bridgehead atoms. The second-order valence-corrected chi connectivity index (χ2v) is 13.2. The Hall–Kier alpha value is -7.15. The summed E-state index contributed by atoms with van der Waals surface area (Å²) in [6.07, 6.45) is 0. The number of hydrogen-bond acceptors (Lipinski definition) is 1. The zero-order valence-electron chi connectivity index (χ0n) is 28.2. The fourth-order valence-electron chi connectivity index (χ4n) is 8.15. The van der Waals surface area contributed by atoms with E-state index in [0.29, 0.717) is 5.56 Å². The molecule has 0 saturated heterocycles. The highest BCUT2D eigenvalue weighted by Crippen LogP contribution is 2.46. The summed E-state index contributed by atoms with van der Waals surface area (Å²) in [5.41, 5.74) is 14.2. The smallest absolute Gasteiger partial charge is 0.0991 e. The highest BCUT2D eigenvalue weighted by Gasteiger charge is 2.24. The van der Waals surface area contributed by atoms with Gasteiger partial charge in [0, 0.05) is 43.8 Å². The van der Waals surface area contributed by atoms with Gasteiger partial charge in [0.2, 0.25) is 0 Å². The van der Waals surface area contributed by atoms with Gasteiger partial charge in [-0.3, -0.25) is 0 Å². The van der Waals surface area contributed by atoms with E-state index in [1.807, 2.05) is 12.1 Å². The maximum absolute atomic E-state index is 9.91. The van der Waals surface area contributed by atoms with Gasteiger partial charge in [-0.1, -0.05) is 152 Å². The maximum Gasteiger partial charge on any atom is 0.0991 e. The van der Waals surface area contributed by atoms with Crippen molar-refractivity contribution < 1.29 is 0 Å². The topological polar surface area (TPSA) is 33.6 Å². The van der Waals surface area contributed by atoms with Crippen molar-refractivity contribution in [3.63, 3.8) is 0 Å². The van der Waals surface area contributed by atoms with Crippen LogP contribution < -0.4 is 0 Å². The van der Waals surface area contributed by atoms with Crippen LogP contribution in [0.3, 0.4) is 0 Å². The van der Waals surface area contributed by atoms with E-state index in [9.17, 15) is 5.26 Å². The average Bonchev–Trinajstić information content (AvgIpc) is 3.73. The first-order valence-corrected chi connectivity index (χ1v) is 17.6. The molecule has 0 fully saturated rings. The van der Waals surface area contributed by atoms with E-state index in [2.05, 4.69) is 191 Å². The molecule has 52 heavy (non-hydrogen) atoms. The van der Waals surface area contributed by atoms with Crippen LogP contribution in [0.25, 0.3) is 88.4 Å². The molecule has 0 unspecified atom stereocenters. The lowest BCUT2D eigenvalue weighted by atomic mass is 9.91. The van der Waals surface area contributed by atoms with Crippen molar-refractivity contribution in [2.45, 2.75) is 0 Å². The number of aromatic nitrogens is 2. The Balaban J connectivity index is 1.40. The van der Waals surface area contributed by atoms with Crippen LogP contribution in [0.1, 0.15) is 5.56 Å². The lowest BCUT2D eigenvalue weighted by Crippen LogP contribution is -2.04. The van der Waals surface area contributed by atoms with E-state index in [1.54, 1.807) is 0 Å². The van der Waals surface area contributed by atoms with E-state index in [0.717, 1.165) is 77.6 Å². The van der Waals surface area contributed by atoms with Crippen molar-refractivity contribution in [1.82, 2.24) is 9.13 Å². The molecule has 0 amide bonds. The molecule has 2 aromatic heterocycles. The van der Waals surface area contributed by atoms with Gasteiger partial charge in [0.25, 0.3) is 0 Å². The van der Waals surface area contributed by atoms with Crippen molar-refractivity contribution in [2.75, 3.05) is 0 Å². The number of nitrogens with zero attached hydrogens (tertiary/aromatic N) is 3. The summed E-state index contributed by atoms with van der Waals surface area (Å²) in [5.74, 6) is 0. The number of para-hydroxylation sites is 5. The van der Waals surface area contributed by atoms with Crippen LogP contribution in [0.5, 0.6) is 0 Å². The zero-order valence-corrected chi connectivity index (χ0v) is 28.2. The van der Waals surface area contributed by atoms with Crippen LogP contribution in [-0.4, -0.2) is 9.13 Å². The van der Waals surface area contributed by atoms with Gasteiger partial charge in [0.1, 0.15) is 0 Å². The van der Waals surface area contributed by atoms with Crippen molar-refractivity contribution in [3.05, 3.63) is 194 Å². The number of nitriles is 1. The maximum atomic E-state index is 9.91. The molecule has 2 heterocycles. The molecule has 3 nitrogen and oxygen atoms in total. The predicted molar refractivity (Wildman–Crippen MR) is 216 cm³/mol. The molecular weight excluding hydrogens is 631 g/mol. The summed E-state index contributed by atoms with van der Waals surface area (Å²) >= 11 is 0. The van der Waals surface area contributed by atoms with Gasteiger partial charge in [-0.2, -0.15) is 5.26 Å². The lowest BCUT2D eigenvalue weighted by molar-refractivity contribution is 1.16. The quantitative estimate of drug-likeness (QED) is 0.181. The third-order valence-corrected chi connectivity index (χ3v) is 10.4. The van der Waals surface area contributed by atoms with Gasteiger partial charge in [0.05, 0.1) is 45.1 Å². The highest BCUT2D eigenvalue weighted by atomic mass is 15.0. The minimum Gasteiger partial charge on any atom is -0.308 e. The van der Waals surface area contributed by atoms with Crippen molar-refractivity contribution in [1.29, 1.82) is 5.26 Å². The number of rotatable bonds is 5. The largest absolute Gasteiger partial charge is 0.308 e. The van der Waals surface area contributed by atoms with Crippen molar-refractivity contribution in [3.8, 4) is 50.8 Å². The van der Waals surface area contributed by atoms with Crippen LogP contribution >= 0.6 is 0 Å². The Bertz CT molecular complexity index is 2960. The summed E-state index contributed by atoms with van der Waals surface area (Å²) in [4.78, 5) is 0. The first-order chi connectivity index (χ1) is 25.8. The molecule has 0 atom stereocenters. The summed E-state index contributed by atoms with van der Waals surface area (Å²) in [7, 11) is 0. The third kappa shape index (κ3) is 4.52. The third-order valence-electron chi connectivity index (χ3n) is 10.4. The molecule has 3 heteroatoms. The summed E-state index contributed by atoms with van der Waals surface area (Å²) < 4.78 is 4.88. The monoisotopic (exact) mass is 661 g/mol. The molecule has 10 aromatic rings. The molecule has 8 aromatic carbocycles. The molecule has 0 saturated carbocycles. The lowest BCUT2D eigenvalue weighted by Gasteiger charge is -2.23. The van der Waals surface area contributed by atoms with E-state index in [1.165, 1.54) is 10.8 Å². The van der Waals surface area contributed by atoms with E-state index in [-0.39, 0.29) is 0 Å². The molecule has 0 aliphatic heterocycles. The summed E-state index contributed by atoms with van der Waals surface area (Å²) in [6.45, 7) is 0. The van der Waals surface area contributed by atoms with Crippen molar-refractivity contribution >= 4 is 43.6 Å². The molecule has 0 spiro atoms. The highest BCUT2D eigenvalue weighted by molar-refractivity contribution is 6.13. The van der Waals surface area contributed by atoms with Gasteiger partial charge in [-0.05, 0) is 47.5 Å². The Labute approximate surface area is 301 Å². The van der Waals surface area contributed by atoms with Crippen LogP contribution in [0, 0.1) is 11.3 Å². The minimum atomic E-state index is 0.649. The molecule has 0 aliphatic carbocycles. The molecule has 242 valence electrons. The summed E-state index contributed by atoms with van der Waals surface area (Å²) in [5, 5.41) is 14.5. The second kappa shape index (κ2) is 12.0. The van der Waals surface area contributed by atoms with E-state index in [4.69, 9.17) is 0 Å². The van der Waals surface area contributed by atoms with Gasteiger partial charge in [0.15, 0.2) is 0 Å². The summed E-state index contributed by atoms with van der Waals surface area (Å²) in [6, 6.07) is 69.3. The fourth-order valence-corrected chi connectivity index (χ4v) is 8.15. The Morgan fingerprint density at radius 2 is 0.712 bits per heavy atom. The van der Waals surface area contributed by atoms with Crippen LogP contribution in [0.2, 0.25) is 0 Å². The molecule has 0 radical (unpaired) electrons. The molecule has 10 rings (SSSR count). The average molecular weight is 662 g/mol. The Morgan fingerprint density at radius 1 is 0.327 bits per heavy atom. The van der Waals surface area contributed by atoms with Crippen LogP contribution in [0.15, 0.2) is 188 Å². The predicted octanol–water partition coefficient (Wildman–Crippen LogP) is 12.8. The molecule has 0 N–H and O–H groups in total. The molecule has 0 aliphatic rings. The SMILES string of the molecule is N#Cc1ccc2c(c1)c1ccccc1n2-c1c(-c2ccccc2)cccc1-c1cccc(-c2ccccc2)c1-n1c2ccccc2c2ccccc21. The number of hydrogen-bond donors (Lipinski definition) is 0.